The van der Waals surface area contributed by atoms with Crippen LogP contribution in [0.2, 0.25) is 0 Å². The first kappa shape index (κ1) is 20.3. The van der Waals surface area contributed by atoms with Crippen molar-refractivity contribution in [3.63, 3.8) is 0 Å². The predicted molar refractivity (Wildman–Crippen MR) is 120 cm³/mol. The normalized spacial score (nSPS) is 20.8. The lowest BCUT2D eigenvalue weighted by Gasteiger charge is -2.42. The van der Waals surface area contributed by atoms with Crippen molar-refractivity contribution in [1.82, 2.24) is 0 Å². The molecule has 1 aliphatic rings. The van der Waals surface area contributed by atoms with Gasteiger partial charge in [0.25, 0.3) is 0 Å². The molecular weight excluding hydrogens is 402 g/mol. The minimum absolute atomic E-state index is 0.205. The Kier molecular flexibility index (Phi) is 6.78. The first-order valence-electron chi connectivity index (χ1n) is 9.91. The van der Waals surface area contributed by atoms with Crippen molar-refractivity contribution < 1.29 is 9.80 Å². The van der Waals surface area contributed by atoms with E-state index in [-0.39, 0.29) is 16.5 Å². The highest BCUT2D eigenvalue weighted by atomic mass is 35.5. The molecule has 150 valence electrons. The summed E-state index contributed by atoms with van der Waals surface area (Å²) in [6.45, 7) is 0.605. The molecule has 0 fully saturated rings. The Hall–Kier alpha value is -1.98. The highest BCUT2D eigenvalue weighted by molar-refractivity contribution is 7.99. The summed E-state index contributed by atoms with van der Waals surface area (Å²) in [7, 11) is 0. The quantitative estimate of drug-likeness (QED) is 0.314. The minimum Gasteiger partial charge on any atom is -0.633 e. The molecule has 1 aliphatic heterocycles. The number of hydroxylamine groups is 2. The van der Waals surface area contributed by atoms with E-state index in [1.54, 1.807) is 11.8 Å². The van der Waals surface area contributed by atoms with E-state index in [0.717, 1.165) is 40.2 Å². The molecule has 3 aromatic rings. The molecule has 29 heavy (non-hydrogen) atoms. The number of rotatable bonds is 7. The van der Waals surface area contributed by atoms with Crippen LogP contribution in [0.25, 0.3) is 0 Å². The van der Waals surface area contributed by atoms with E-state index in [0.29, 0.717) is 12.5 Å². The van der Waals surface area contributed by atoms with E-state index in [1.807, 2.05) is 66.7 Å². The molecule has 3 unspecified atom stereocenters. The summed E-state index contributed by atoms with van der Waals surface area (Å²) < 4.78 is 6.05. The van der Waals surface area contributed by atoms with Crippen molar-refractivity contribution in [2.24, 2.45) is 0 Å². The zero-order valence-electron chi connectivity index (χ0n) is 16.1. The van der Waals surface area contributed by atoms with E-state index >= 15 is 0 Å². The van der Waals surface area contributed by atoms with Gasteiger partial charge in [-0.3, -0.25) is 0 Å². The van der Waals surface area contributed by atoms with Gasteiger partial charge in [-0.1, -0.05) is 72.4 Å². The van der Waals surface area contributed by atoms with Gasteiger partial charge in [-0.2, -0.15) is 0 Å². The Labute approximate surface area is 181 Å². The molecule has 3 atom stereocenters. The van der Waals surface area contributed by atoms with Gasteiger partial charge in [0.05, 0.1) is 12.2 Å². The largest absolute Gasteiger partial charge is 0.633 e. The van der Waals surface area contributed by atoms with Gasteiger partial charge in [-0.15, -0.1) is 11.6 Å². The number of hydrogen-bond acceptors (Lipinski definition) is 3. The number of nitrogens with one attached hydrogen (secondary N) is 1. The number of halogens is 1. The SMILES string of the molecule is [O-][NH+]1C(c2ccccc2OCCCCCl)Sc2ccccc2C1c1ccccc1. The molecule has 0 aromatic heterocycles. The average Bonchev–Trinajstić information content (AvgIpc) is 2.77. The molecule has 0 saturated heterocycles. The van der Waals surface area contributed by atoms with Crippen molar-refractivity contribution in [2.45, 2.75) is 29.2 Å². The maximum Gasteiger partial charge on any atom is 0.168 e. The maximum absolute atomic E-state index is 13.7. The van der Waals surface area contributed by atoms with E-state index in [4.69, 9.17) is 16.3 Å². The maximum atomic E-state index is 13.7. The van der Waals surface area contributed by atoms with Gasteiger partial charge in [-0.25, -0.2) is 0 Å². The summed E-state index contributed by atoms with van der Waals surface area (Å²) >= 11 is 7.40. The molecule has 0 amide bonds. The lowest BCUT2D eigenvalue weighted by Crippen LogP contribution is -3.08. The van der Waals surface area contributed by atoms with Crippen LogP contribution in [-0.4, -0.2) is 12.5 Å². The highest BCUT2D eigenvalue weighted by Gasteiger charge is 2.37. The number of unbranched alkanes of at least 4 members (excludes halogenated alkanes) is 1. The highest BCUT2D eigenvalue weighted by Crippen LogP contribution is 2.43. The summed E-state index contributed by atoms with van der Waals surface area (Å²) in [6, 6.07) is 25.9. The zero-order chi connectivity index (χ0) is 20.1. The number of quaternary nitrogens is 1. The second kappa shape index (κ2) is 9.68. The Morgan fingerprint density at radius 3 is 2.34 bits per heavy atom. The average molecular weight is 426 g/mol. The van der Waals surface area contributed by atoms with Crippen molar-refractivity contribution >= 4 is 23.4 Å². The van der Waals surface area contributed by atoms with E-state index < -0.39 is 0 Å². The summed E-state index contributed by atoms with van der Waals surface area (Å²) in [4.78, 5) is 1.16. The molecule has 0 bridgehead atoms. The van der Waals surface area contributed by atoms with Crippen LogP contribution in [0.3, 0.4) is 0 Å². The van der Waals surface area contributed by atoms with Gasteiger partial charge in [-0.05, 0) is 31.0 Å². The van der Waals surface area contributed by atoms with Crippen molar-refractivity contribution in [3.8, 4) is 5.75 Å². The fraction of sp³-hybridized carbons (Fsp3) is 0.250. The molecule has 0 aliphatic carbocycles. The number of para-hydroxylation sites is 1. The van der Waals surface area contributed by atoms with Crippen LogP contribution in [0.5, 0.6) is 5.75 Å². The molecular formula is C24H24ClNO2S. The Morgan fingerprint density at radius 2 is 1.55 bits per heavy atom. The van der Waals surface area contributed by atoms with Gasteiger partial charge in [0, 0.05) is 21.9 Å². The smallest absolute Gasteiger partial charge is 0.168 e. The van der Waals surface area contributed by atoms with Crippen LogP contribution < -0.4 is 9.80 Å². The van der Waals surface area contributed by atoms with Crippen LogP contribution in [0.4, 0.5) is 0 Å². The molecule has 0 radical (unpaired) electrons. The third-order valence-corrected chi connectivity index (χ3v) is 6.75. The zero-order valence-corrected chi connectivity index (χ0v) is 17.7. The number of thioether (sulfide) groups is 1. The second-order valence-corrected chi connectivity index (χ2v) is 8.59. The van der Waals surface area contributed by atoms with Gasteiger partial charge in [0.2, 0.25) is 0 Å². The number of fused-ring (bicyclic) bond motifs is 1. The molecule has 0 spiro atoms. The third kappa shape index (κ3) is 4.46. The van der Waals surface area contributed by atoms with Crippen molar-refractivity contribution in [2.75, 3.05) is 12.5 Å². The van der Waals surface area contributed by atoms with Gasteiger partial charge in [0.15, 0.2) is 5.37 Å². The van der Waals surface area contributed by atoms with Crippen molar-refractivity contribution in [3.05, 3.63) is 101 Å². The Morgan fingerprint density at radius 1 is 0.862 bits per heavy atom. The Balaban J connectivity index is 1.69. The fourth-order valence-corrected chi connectivity index (χ4v) is 5.23. The molecule has 4 rings (SSSR count). The predicted octanol–water partition coefficient (Wildman–Crippen LogP) is 5.36. The first-order chi connectivity index (χ1) is 14.3. The lowest BCUT2D eigenvalue weighted by atomic mass is 9.97. The van der Waals surface area contributed by atoms with Gasteiger partial charge < -0.3 is 15.0 Å². The lowest BCUT2D eigenvalue weighted by molar-refractivity contribution is -0.893. The standard InChI is InChI=1S/C24H24ClNO2S/c25-16-8-9-17-28-21-14-6-4-12-19(21)24-26(27)23(18-10-2-1-3-11-18)20-13-5-7-15-22(20)29-24/h1-7,10-15,23-24,26H,8-9,16-17H2. The van der Waals surface area contributed by atoms with E-state index in [1.165, 1.54) is 0 Å². The summed E-state index contributed by atoms with van der Waals surface area (Å²) in [5, 5.41) is 13.6. The molecule has 5 heteroatoms. The number of benzene rings is 3. The Bertz CT molecular complexity index is 937. The molecule has 0 saturated carbocycles. The van der Waals surface area contributed by atoms with Crippen LogP contribution in [0.1, 0.15) is 40.9 Å². The fourth-order valence-electron chi connectivity index (χ4n) is 3.73. The third-order valence-electron chi connectivity index (χ3n) is 5.14. The summed E-state index contributed by atoms with van der Waals surface area (Å²) in [5.74, 6) is 1.43. The molecule has 1 heterocycles. The minimum atomic E-state index is -0.292. The summed E-state index contributed by atoms with van der Waals surface area (Å²) in [6.07, 6.45) is 1.82. The van der Waals surface area contributed by atoms with Crippen LogP contribution >= 0.6 is 23.4 Å². The number of hydrogen-bond donors (Lipinski definition) is 1. The topological polar surface area (TPSA) is 36.7 Å². The van der Waals surface area contributed by atoms with Crippen LogP contribution in [0, 0.1) is 5.21 Å². The first-order valence-corrected chi connectivity index (χ1v) is 11.3. The number of ether oxygens (including phenoxy) is 1. The molecule has 3 nitrogen and oxygen atoms in total. The van der Waals surface area contributed by atoms with E-state index in [2.05, 4.69) is 12.1 Å². The summed E-state index contributed by atoms with van der Waals surface area (Å²) in [5.41, 5.74) is 3.07. The van der Waals surface area contributed by atoms with Crippen LogP contribution in [0.15, 0.2) is 83.8 Å². The van der Waals surface area contributed by atoms with Gasteiger partial charge in [0.1, 0.15) is 11.8 Å². The molecule has 1 N–H and O–H groups in total. The number of alkyl halides is 1. The molecule has 3 aromatic carbocycles. The van der Waals surface area contributed by atoms with Crippen molar-refractivity contribution in [1.29, 1.82) is 0 Å². The second-order valence-electron chi connectivity index (χ2n) is 7.06. The van der Waals surface area contributed by atoms with Crippen LogP contribution in [-0.2, 0) is 0 Å². The van der Waals surface area contributed by atoms with E-state index in [9.17, 15) is 5.21 Å². The monoisotopic (exact) mass is 425 g/mol. The van der Waals surface area contributed by atoms with Gasteiger partial charge >= 0.3 is 0 Å².